The van der Waals surface area contributed by atoms with E-state index < -0.39 is 22.0 Å². The molecule has 0 bridgehead atoms. The van der Waals surface area contributed by atoms with Gasteiger partial charge in [0, 0.05) is 25.7 Å². The maximum absolute atomic E-state index is 13.4. The number of amides is 2. The van der Waals surface area contributed by atoms with Crippen LogP contribution in [0.1, 0.15) is 30.9 Å². The lowest BCUT2D eigenvalue weighted by Crippen LogP contribution is -2.45. The molecule has 2 aliphatic heterocycles. The first-order chi connectivity index (χ1) is 15.6. The number of carbonyl (C=O) groups excluding carboxylic acids is 2. The lowest BCUT2D eigenvalue weighted by Gasteiger charge is -2.32. The Morgan fingerprint density at radius 1 is 1.27 bits per heavy atom. The highest BCUT2D eigenvalue weighted by Crippen LogP contribution is 2.36. The summed E-state index contributed by atoms with van der Waals surface area (Å²) in [6.45, 7) is 3.88. The number of carbonyl (C=O) groups is 2. The van der Waals surface area contributed by atoms with E-state index in [4.69, 9.17) is 4.74 Å². The molecule has 0 radical (unpaired) electrons. The van der Waals surface area contributed by atoms with Gasteiger partial charge in [0.1, 0.15) is 11.6 Å². The molecule has 2 N–H and O–H groups in total. The van der Waals surface area contributed by atoms with E-state index in [-0.39, 0.29) is 35.6 Å². The van der Waals surface area contributed by atoms with Crippen LogP contribution in [-0.4, -0.2) is 43.7 Å². The summed E-state index contributed by atoms with van der Waals surface area (Å²) >= 11 is 0. The summed E-state index contributed by atoms with van der Waals surface area (Å²) in [5, 5.41) is 5.53. The summed E-state index contributed by atoms with van der Waals surface area (Å²) < 4.78 is 46.8. The minimum atomic E-state index is -3.88. The third-order valence-corrected chi connectivity index (χ3v) is 7.97. The molecule has 0 spiro atoms. The van der Waals surface area contributed by atoms with Crippen LogP contribution in [0.25, 0.3) is 0 Å². The lowest BCUT2D eigenvalue weighted by atomic mass is 9.99. The summed E-state index contributed by atoms with van der Waals surface area (Å²) in [5.74, 6) is -1.05. The highest BCUT2D eigenvalue weighted by molar-refractivity contribution is 7.89. The molecule has 2 atom stereocenters. The lowest BCUT2D eigenvalue weighted by molar-refractivity contribution is -0.126. The number of nitrogens with zero attached hydrogens (tertiary/aromatic N) is 1. The van der Waals surface area contributed by atoms with Crippen molar-refractivity contribution in [2.75, 3.05) is 18.4 Å². The van der Waals surface area contributed by atoms with Gasteiger partial charge in [-0.15, -0.1) is 0 Å². The Kier molecular flexibility index (Phi) is 6.40. The standard InChI is InChI=1S/C23H26FN3O5S/c1-14-10-19-20(32-15(2)22(28)26-19)11-21(14)33(30,31)27-9-3-4-17(13-27)23(29)25-12-16-5-7-18(24)8-6-16/h5-8,10-11,15,17H,3-4,9,12-13H2,1-2H3,(H,25,29)(H,26,28)/t15-,17+/m0/s1. The van der Waals surface area contributed by atoms with Crippen LogP contribution < -0.4 is 15.4 Å². The zero-order valence-corrected chi connectivity index (χ0v) is 19.2. The van der Waals surface area contributed by atoms with Gasteiger partial charge in [-0.25, -0.2) is 12.8 Å². The zero-order chi connectivity index (χ0) is 23.8. The first kappa shape index (κ1) is 23.2. The van der Waals surface area contributed by atoms with Gasteiger partial charge in [-0.2, -0.15) is 4.31 Å². The van der Waals surface area contributed by atoms with Gasteiger partial charge in [-0.1, -0.05) is 12.1 Å². The number of hydrogen-bond donors (Lipinski definition) is 2. The van der Waals surface area contributed by atoms with Gasteiger partial charge in [-0.3, -0.25) is 9.59 Å². The minimum absolute atomic E-state index is 0.0715. The molecule has 33 heavy (non-hydrogen) atoms. The van der Waals surface area contributed by atoms with Crippen LogP contribution >= 0.6 is 0 Å². The van der Waals surface area contributed by atoms with Crippen molar-refractivity contribution in [3.05, 3.63) is 53.3 Å². The Hall–Kier alpha value is -2.98. The van der Waals surface area contributed by atoms with Gasteiger partial charge in [0.05, 0.1) is 16.5 Å². The summed E-state index contributed by atoms with van der Waals surface area (Å²) in [6, 6.07) is 8.87. The second kappa shape index (κ2) is 9.11. The van der Waals surface area contributed by atoms with Gasteiger partial charge in [0.2, 0.25) is 15.9 Å². The van der Waals surface area contributed by atoms with Gasteiger partial charge >= 0.3 is 0 Å². The number of hydrogen-bond acceptors (Lipinski definition) is 5. The Bertz CT molecular complexity index is 1180. The van der Waals surface area contributed by atoms with Crippen LogP contribution in [0.2, 0.25) is 0 Å². The Morgan fingerprint density at radius 3 is 2.73 bits per heavy atom. The second-order valence-electron chi connectivity index (χ2n) is 8.41. The molecule has 0 unspecified atom stereocenters. The number of sulfonamides is 1. The van der Waals surface area contributed by atoms with Crippen molar-refractivity contribution in [2.24, 2.45) is 5.92 Å². The maximum Gasteiger partial charge on any atom is 0.265 e. The molecule has 0 saturated carbocycles. The Labute approximate surface area is 192 Å². The molecular formula is C23H26FN3O5S. The summed E-state index contributed by atoms with van der Waals surface area (Å²) in [4.78, 5) is 24.6. The van der Waals surface area contributed by atoms with E-state index >= 15 is 0 Å². The maximum atomic E-state index is 13.4. The molecule has 2 aromatic rings. The van der Waals surface area contributed by atoms with Crippen molar-refractivity contribution >= 4 is 27.5 Å². The molecule has 1 saturated heterocycles. The normalized spacial score (nSPS) is 21.0. The molecule has 2 aliphatic rings. The van der Waals surface area contributed by atoms with Crippen molar-refractivity contribution in [3.63, 3.8) is 0 Å². The average molecular weight is 476 g/mol. The minimum Gasteiger partial charge on any atom is -0.479 e. The highest BCUT2D eigenvalue weighted by atomic mass is 32.2. The van der Waals surface area contributed by atoms with Gasteiger partial charge < -0.3 is 15.4 Å². The van der Waals surface area contributed by atoms with Crippen LogP contribution in [0.5, 0.6) is 5.75 Å². The smallest absolute Gasteiger partial charge is 0.265 e. The fourth-order valence-corrected chi connectivity index (χ4v) is 5.82. The molecule has 10 heteroatoms. The molecule has 2 amide bonds. The van der Waals surface area contributed by atoms with Crippen molar-refractivity contribution in [3.8, 4) is 5.75 Å². The van der Waals surface area contributed by atoms with Crippen LogP contribution in [0.4, 0.5) is 10.1 Å². The van der Waals surface area contributed by atoms with E-state index in [1.165, 1.54) is 22.5 Å². The molecular weight excluding hydrogens is 449 g/mol. The molecule has 2 aromatic carbocycles. The van der Waals surface area contributed by atoms with Gasteiger partial charge in [-0.05, 0) is 56.0 Å². The number of nitrogens with one attached hydrogen (secondary N) is 2. The predicted octanol–water partition coefficient (Wildman–Crippen LogP) is 2.57. The molecule has 0 aliphatic carbocycles. The largest absolute Gasteiger partial charge is 0.479 e. The molecule has 8 nitrogen and oxygen atoms in total. The monoisotopic (exact) mass is 475 g/mol. The van der Waals surface area contributed by atoms with Crippen molar-refractivity contribution in [1.82, 2.24) is 9.62 Å². The first-order valence-electron chi connectivity index (χ1n) is 10.8. The van der Waals surface area contributed by atoms with Gasteiger partial charge in [0.25, 0.3) is 5.91 Å². The van der Waals surface area contributed by atoms with E-state index in [9.17, 15) is 22.4 Å². The quantitative estimate of drug-likeness (QED) is 0.692. The number of fused-ring (bicyclic) bond motifs is 1. The fraction of sp³-hybridized carbons (Fsp3) is 0.391. The van der Waals surface area contributed by atoms with Crippen LogP contribution in [0.15, 0.2) is 41.3 Å². The summed E-state index contributed by atoms with van der Waals surface area (Å²) in [7, 11) is -3.88. The number of anilines is 1. The molecule has 1 fully saturated rings. The van der Waals surface area contributed by atoms with Gasteiger partial charge in [0.15, 0.2) is 6.10 Å². The Morgan fingerprint density at radius 2 is 2.00 bits per heavy atom. The van der Waals surface area contributed by atoms with Crippen molar-refractivity contribution < 1.29 is 27.1 Å². The van der Waals surface area contributed by atoms with E-state index in [0.29, 0.717) is 36.4 Å². The molecule has 0 aromatic heterocycles. The topological polar surface area (TPSA) is 105 Å². The van der Waals surface area contributed by atoms with E-state index in [1.54, 1.807) is 32.0 Å². The van der Waals surface area contributed by atoms with Crippen molar-refractivity contribution in [2.45, 2.75) is 44.2 Å². The summed E-state index contributed by atoms with van der Waals surface area (Å²) in [5.41, 5.74) is 1.68. The van der Waals surface area contributed by atoms with Crippen LogP contribution in [0, 0.1) is 18.7 Å². The first-order valence-corrected chi connectivity index (χ1v) is 12.2. The van der Waals surface area contributed by atoms with E-state index in [0.717, 1.165) is 5.56 Å². The Balaban J connectivity index is 1.48. The van der Waals surface area contributed by atoms with E-state index in [2.05, 4.69) is 10.6 Å². The number of benzene rings is 2. The molecule has 176 valence electrons. The number of ether oxygens (including phenoxy) is 1. The second-order valence-corrected chi connectivity index (χ2v) is 10.3. The third kappa shape index (κ3) is 4.86. The average Bonchev–Trinajstić information content (AvgIpc) is 2.79. The predicted molar refractivity (Wildman–Crippen MR) is 120 cm³/mol. The number of halogens is 1. The number of piperidine rings is 1. The third-order valence-electron chi connectivity index (χ3n) is 5.96. The highest BCUT2D eigenvalue weighted by Gasteiger charge is 2.35. The fourth-order valence-electron chi connectivity index (χ4n) is 4.07. The van der Waals surface area contributed by atoms with Crippen molar-refractivity contribution in [1.29, 1.82) is 0 Å². The SMILES string of the molecule is Cc1cc2c(cc1S(=O)(=O)N1CCC[C@@H](C(=O)NCc3ccc(F)cc3)C1)O[C@@H](C)C(=O)N2. The number of aryl methyl sites for hydroxylation is 1. The molecule has 2 heterocycles. The van der Waals surface area contributed by atoms with E-state index in [1.807, 2.05) is 0 Å². The molecule has 4 rings (SSSR count). The van der Waals surface area contributed by atoms with Crippen LogP contribution in [0.3, 0.4) is 0 Å². The number of rotatable bonds is 5. The van der Waals surface area contributed by atoms with Crippen LogP contribution in [-0.2, 0) is 26.2 Å². The summed E-state index contributed by atoms with van der Waals surface area (Å²) in [6.07, 6.45) is 0.415. The zero-order valence-electron chi connectivity index (χ0n) is 18.4.